The fourth-order valence-corrected chi connectivity index (χ4v) is 3.91. The van der Waals surface area contributed by atoms with E-state index in [2.05, 4.69) is 22.2 Å². The van der Waals surface area contributed by atoms with Gasteiger partial charge in [0.05, 0.1) is 11.4 Å². The summed E-state index contributed by atoms with van der Waals surface area (Å²) in [5.74, 6) is 0.790. The normalized spacial score (nSPS) is 23.4. The van der Waals surface area contributed by atoms with E-state index in [9.17, 15) is 9.18 Å². The monoisotopic (exact) mass is 370 g/mol. The predicted octanol–water partition coefficient (Wildman–Crippen LogP) is 2.96. The van der Waals surface area contributed by atoms with E-state index in [0.717, 1.165) is 44.6 Å². The Bertz CT molecular complexity index is 825. The Balaban J connectivity index is 1.33. The molecule has 1 aromatic heterocycles. The smallest absolute Gasteiger partial charge is 0.223 e. The van der Waals surface area contributed by atoms with E-state index in [0.29, 0.717) is 23.2 Å². The van der Waals surface area contributed by atoms with E-state index >= 15 is 0 Å². The van der Waals surface area contributed by atoms with Gasteiger partial charge in [-0.25, -0.2) is 4.39 Å². The summed E-state index contributed by atoms with van der Waals surface area (Å²) in [4.78, 5) is 14.5. The second-order valence-electron chi connectivity index (χ2n) is 8.00. The van der Waals surface area contributed by atoms with Gasteiger partial charge in [0.15, 0.2) is 0 Å². The van der Waals surface area contributed by atoms with Crippen molar-refractivity contribution >= 4 is 5.91 Å². The molecular formula is C21H27FN4O. The second-order valence-corrected chi connectivity index (χ2v) is 8.00. The van der Waals surface area contributed by atoms with Crippen LogP contribution in [0.15, 0.2) is 30.3 Å². The van der Waals surface area contributed by atoms with Crippen molar-refractivity contribution in [2.75, 3.05) is 13.1 Å². The van der Waals surface area contributed by atoms with Crippen LogP contribution in [0.25, 0.3) is 11.3 Å². The molecule has 0 radical (unpaired) electrons. The zero-order chi connectivity index (χ0) is 19.0. The number of carbonyl (C=O) groups is 1. The summed E-state index contributed by atoms with van der Waals surface area (Å²) in [5, 5.41) is 7.70. The van der Waals surface area contributed by atoms with E-state index in [-0.39, 0.29) is 17.6 Å². The van der Waals surface area contributed by atoms with Crippen LogP contribution in [0, 0.1) is 17.7 Å². The van der Waals surface area contributed by atoms with Gasteiger partial charge in [-0.05, 0) is 43.4 Å². The maximum Gasteiger partial charge on any atom is 0.223 e. The van der Waals surface area contributed by atoms with Gasteiger partial charge in [-0.1, -0.05) is 19.1 Å². The van der Waals surface area contributed by atoms with Crippen molar-refractivity contribution in [1.82, 2.24) is 20.0 Å². The van der Waals surface area contributed by atoms with Crippen LogP contribution in [0.5, 0.6) is 0 Å². The quantitative estimate of drug-likeness (QED) is 0.880. The zero-order valence-electron chi connectivity index (χ0n) is 16.0. The van der Waals surface area contributed by atoms with Crippen LogP contribution in [0.3, 0.4) is 0 Å². The molecule has 6 heteroatoms. The largest absolute Gasteiger partial charge is 0.353 e. The van der Waals surface area contributed by atoms with Gasteiger partial charge in [0.2, 0.25) is 5.91 Å². The number of hydrogen-bond acceptors (Lipinski definition) is 3. The molecule has 0 bridgehead atoms. The van der Waals surface area contributed by atoms with Crippen LogP contribution in [-0.4, -0.2) is 39.7 Å². The minimum absolute atomic E-state index is 0.238. The first-order chi connectivity index (χ1) is 13.0. The van der Waals surface area contributed by atoms with Crippen LogP contribution in [0.2, 0.25) is 0 Å². The summed E-state index contributed by atoms with van der Waals surface area (Å²) in [7, 11) is 1.91. The predicted molar refractivity (Wildman–Crippen MR) is 102 cm³/mol. The molecule has 2 aromatic rings. The Morgan fingerprint density at radius 1 is 1.30 bits per heavy atom. The van der Waals surface area contributed by atoms with Crippen molar-refractivity contribution in [3.8, 4) is 11.3 Å². The molecule has 1 aromatic carbocycles. The fraction of sp³-hybridized carbons (Fsp3) is 0.524. The number of nitrogens with zero attached hydrogens (tertiary/aromatic N) is 3. The molecule has 4 rings (SSSR count). The summed E-state index contributed by atoms with van der Waals surface area (Å²) in [6.45, 7) is 4.82. The van der Waals surface area contributed by atoms with Crippen LogP contribution in [0.4, 0.5) is 4.39 Å². The Kier molecular flexibility index (Phi) is 5.00. The molecule has 144 valence electrons. The number of benzene rings is 1. The number of likely N-dealkylation sites (tertiary alicyclic amines) is 1. The number of rotatable bonds is 5. The SMILES string of the molecule is C[C@@H]1C[C@H]1C(=O)NC1CCN(Cc2cc(-c3ccccc3F)nn2C)CC1. The van der Waals surface area contributed by atoms with Crippen molar-refractivity contribution in [1.29, 1.82) is 0 Å². The molecule has 2 aliphatic rings. The minimum Gasteiger partial charge on any atom is -0.353 e. The number of nitrogens with one attached hydrogen (secondary N) is 1. The van der Waals surface area contributed by atoms with E-state index in [1.807, 2.05) is 23.9 Å². The number of carbonyl (C=O) groups excluding carboxylic acids is 1. The zero-order valence-corrected chi connectivity index (χ0v) is 16.0. The number of aryl methyl sites for hydroxylation is 1. The van der Waals surface area contributed by atoms with E-state index in [1.54, 1.807) is 12.1 Å². The van der Waals surface area contributed by atoms with E-state index in [1.165, 1.54) is 6.07 Å². The van der Waals surface area contributed by atoms with E-state index in [4.69, 9.17) is 0 Å². The Labute approximate surface area is 159 Å². The number of aromatic nitrogens is 2. The molecular weight excluding hydrogens is 343 g/mol. The van der Waals surface area contributed by atoms with Crippen molar-refractivity contribution in [3.05, 3.63) is 41.8 Å². The lowest BCUT2D eigenvalue weighted by Gasteiger charge is -2.32. The van der Waals surface area contributed by atoms with Gasteiger partial charge in [0.25, 0.3) is 0 Å². The summed E-state index contributed by atoms with van der Waals surface area (Å²) in [6, 6.07) is 9.01. The van der Waals surface area contributed by atoms with Crippen molar-refractivity contribution in [2.24, 2.45) is 18.9 Å². The molecule has 1 amide bonds. The first-order valence-electron chi connectivity index (χ1n) is 9.82. The van der Waals surface area contributed by atoms with Gasteiger partial charge in [0, 0.05) is 44.2 Å². The van der Waals surface area contributed by atoms with Gasteiger partial charge in [-0.15, -0.1) is 0 Å². The minimum atomic E-state index is -0.247. The summed E-state index contributed by atoms with van der Waals surface area (Å²) in [6.07, 6.45) is 2.99. The van der Waals surface area contributed by atoms with Crippen molar-refractivity contribution < 1.29 is 9.18 Å². The molecule has 0 unspecified atom stereocenters. The Hall–Kier alpha value is -2.21. The molecule has 2 fully saturated rings. The molecule has 1 aliphatic carbocycles. The molecule has 1 saturated carbocycles. The lowest BCUT2D eigenvalue weighted by atomic mass is 10.0. The highest BCUT2D eigenvalue weighted by Gasteiger charge is 2.39. The first-order valence-corrected chi connectivity index (χ1v) is 9.82. The first kappa shape index (κ1) is 18.2. The van der Waals surface area contributed by atoms with Crippen LogP contribution in [0.1, 0.15) is 31.9 Å². The van der Waals surface area contributed by atoms with Gasteiger partial charge >= 0.3 is 0 Å². The van der Waals surface area contributed by atoms with Crippen molar-refractivity contribution in [2.45, 2.75) is 38.8 Å². The molecule has 1 N–H and O–H groups in total. The van der Waals surface area contributed by atoms with Crippen LogP contribution in [-0.2, 0) is 18.4 Å². The summed E-state index contributed by atoms with van der Waals surface area (Å²) in [5.41, 5.74) is 2.28. The third-order valence-electron chi connectivity index (χ3n) is 5.89. The third-order valence-corrected chi connectivity index (χ3v) is 5.89. The maximum atomic E-state index is 14.0. The van der Waals surface area contributed by atoms with Crippen LogP contribution < -0.4 is 5.32 Å². The molecule has 2 atom stereocenters. The second kappa shape index (κ2) is 7.43. The van der Waals surface area contributed by atoms with Crippen molar-refractivity contribution in [3.63, 3.8) is 0 Å². The average Bonchev–Trinajstić information content (AvgIpc) is 3.28. The summed E-state index contributed by atoms with van der Waals surface area (Å²) < 4.78 is 15.9. The van der Waals surface area contributed by atoms with Gasteiger partial charge in [-0.2, -0.15) is 5.10 Å². The molecule has 27 heavy (non-hydrogen) atoms. The fourth-order valence-electron chi connectivity index (χ4n) is 3.91. The topological polar surface area (TPSA) is 50.2 Å². The molecule has 5 nitrogen and oxygen atoms in total. The highest BCUT2D eigenvalue weighted by molar-refractivity contribution is 5.81. The average molecular weight is 370 g/mol. The lowest BCUT2D eigenvalue weighted by Crippen LogP contribution is -2.45. The Morgan fingerprint density at radius 2 is 2.00 bits per heavy atom. The van der Waals surface area contributed by atoms with Crippen LogP contribution >= 0.6 is 0 Å². The summed E-state index contributed by atoms with van der Waals surface area (Å²) >= 11 is 0. The maximum absolute atomic E-state index is 14.0. The van der Waals surface area contributed by atoms with Gasteiger partial charge < -0.3 is 5.32 Å². The number of piperidine rings is 1. The molecule has 2 heterocycles. The Morgan fingerprint density at radius 3 is 2.67 bits per heavy atom. The number of hydrogen-bond donors (Lipinski definition) is 1. The number of halogens is 1. The third kappa shape index (κ3) is 4.05. The molecule has 1 saturated heterocycles. The highest BCUT2D eigenvalue weighted by atomic mass is 19.1. The standard InChI is InChI=1S/C21H27FN4O/c1-14-11-18(14)21(27)23-15-7-9-26(10-8-15)13-16-12-20(24-25(16)2)17-5-3-4-6-19(17)22/h3-6,12,14-15,18H,7-11,13H2,1-2H3,(H,23,27)/t14-,18-/m1/s1. The highest BCUT2D eigenvalue weighted by Crippen LogP contribution is 2.37. The lowest BCUT2D eigenvalue weighted by molar-refractivity contribution is -0.123. The molecule has 1 aliphatic heterocycles. The van der Waals surface area contributed by atoms with E-state index < -0.39 is 0 Å². The van der Waals surface area contributed by atoms with Gasteiger partial charge in [0.1, 0.15) is 5.82 Å². The van der Waals surface area contributed by atoms with Gasteiger partial charge in [-0.3, -0.25) is 14.4 Å². The number of amides is 1. The molecule has 0 spiro atoms.